The summed E-state index contributed by atoms with van der Waals surface area (Å²) in [4.78, 5) is 14.3. The molecule has 116 valence electrons. The van der Waals surface area contributed by atoms with Crippen LogP contribution in [-0.2, 0) is 4.79 Å². The number of benzene rings is 1. The molecule has 1 atom stereocenters. The maximum absolute atomic E-state index is 13.1. The van der Waals surface area contributed by atoms with Crippen molar-refractivity contribution < 1.29 is 9.18 Å². The van der Waals surface area contributed by atoms with Gasteiger partial charge in [-0.15, -0.1) is 0 Å². The van der Waals surface area contributed by atoms with Crippen LogP contribution in [0.3, 0.4) is 0 Å². The Morgan fingerprint density at radius 3 is 3.00 bits per heavy atom. The predicted octanol–water partition coefficient (Wildman–Crippen LogP) is 2.86. The van der Waals surface area contributed by atoms with Crippen LogP contribution in [-0.4, -0.2) is 30.4 Å². The first-order valence-corrected chi connectivity index (χ1v) is 7.62. The molecule has 0 spiro atoms. The van der Waals surface area contributed by atoms with E-state index in [0.717, 1.165) is 25.6 Å². The summed E-state index contributed by atoms with van der Waals surface area (Å²) in [6.45, 7) is 5.20. The summed E-state index contributed by atoms with van der Waals surface area (Å²) >= 11 is 0. The third-order valence-electron chi connectivity index (χ3n) is 4.04. The average molecular weight is 293 g/mol. The Kier molecular flexibility index (Phi) is 5.56. The number of anilines is 2. The van der Waals surface area contributed by atoms with Gasteiger partial charge in [-0.3, -0.25) is 4.79 Å². The molecule has 0 bridgehead atoms. The molecule has 4 nitrogen and oxygen atoms in total. The molecule has 1 aliphatic heterocycles. The number of rotatable bonds is 4. The van der Waals surface area contributed by atoms with Crippen LogP contribution in [0.25, 0.3) is 0 Å². The van der Waals surface area contributed by atoms with E-state index in [9.17, 15) is 9.18 Å². The molecule has 1 heterocycles. The molecule has 21 heavy (non-hydrogen) atoms. The minimum Gasteiger partial charge on any atom is -0.396 e. The van der Waals surface area contributed by atoms with Crippen LogP contribution in [0.1, 0.15) is 32.6 Å². The lowest BCUT2D eigenvalue weighted by Gasteiger charge is -2.19. The van der Waals surface area contributed by atoms with E-state index in [0.29, 0.717) is 12.1 Å². The Bertz CT molecular complexity index is 492. The van der Waals surface area contributed by atoms with Crippen LogP contribution < -0.4 is 11.1 Å². The molecule has 0 aromatic heterocycles. The summed E-state index contributed by atoms with van der Waals surface area (Å²) in [5, 5.41) is 2.76. The van der Waals surface area contributed by atoms with Gasteiger partial charge in [-0.25, -0.2) is 4.39 Å². The molecule has 1 aromatic rings. The molecule has 2 rings (SSSR count). The molecule has 1 fully saturated rings. The van der Waals surface area contributed by atoms with Gasteiger partial charge in [-0.05, 0) is 56.5 Å². The summed E-state index contributed by atoms with van der Waals surface area (Å²) in [5.74, 6) is 0.260. The van der Waals surface area contributed by atoms with E-state index in [1.807, 2.05) is 0 Å². The molecule has 0 saturated carbocycles. The van der Waals surface area contributed by atoms with E-state index in [-0.39, 0.29) is 11.6 Å². The number of nitrogens with zero attached hydrogens (tertiary/aromatic N) is 1. The van der Waals surface area contributed by atoms with Crippen molar-refractivity contribution in [2.24, 2.45) is 5.92 Å². The number of hydrogen-bond acceptors (Lipinski definition) is 3. The van der Waals surface area contributed by atoms with Crippen LogP contribution in [0.5, 0.6) is 0 Å². The molecule has 1 aromatic carbocycles. The first kappa shape index (κ1) is 15.8. The summed E-state index contributed by atoms with van der Waals surface area (Å²) in [6.07, 6.45) is 4.14. The van der Waals surface area contributed by atoms with Crippen molar-refractivity contribution in [1.29, 1.82) is 0 Å². The van der Waals surface area contributed by atoms with E-state index in [1.54, 1.807) is 0 Å². The second kappa shape index (κ2) is 7.41. The van der Waals surface area contributed by atoms with Gasteiger partial charge in [0.2, 0.25) is 5.91 Å². The van der Waals surface area contributed by atoms with E-state index in [4.69, 9.17) is 5.73 Å². The highest BCUT2D eigenvalue weighted by molar-refractivity contribution is 5.91. The Balaban J connectivity index is 1.77. The third-order valence-corrected chi connectivity index (χ3v) is 4.04. The number of amides is 1. The highest BCUT2D eigenvalue weighted by Crippen LogP contribution is 2.18. The monoisotopic (exact) mass is 293 g/mol. The topological polar surface area (TPSA) is 58.4 Å². The Morgan fingerprint density at radius 1 is 1.43 bits per heavy atom. The minimum atomic E-state index is -0.466. The van der Waals surface area contributed by atoms with Crippen molar-refractivity contribution in [3.8, 4) is 0 Å². The highest BCUT2D eigenvalue weighted by Gasteiger charge is 2.14. The quantitative estimate of drug-likeness (QED) is 0.839. The van der Waals surface area contributed by atoms with E-state index < -0.39 is 5.82 Å². The zero-order valence-electron chi connectivity index (χ0n) is 12.6. The standard InChI is InChI=1S/C16H24FN3O/c1-12-3-2-8-20(9-6-12)10-7-16(21)19-13-4-5-14(17)15(18)11-13/h4-5,11-12H,2-3,6-10,18H2,1H3,(H,19,21). The SMILES string of the molecule is CC1CCCN(CCC(=O)Nc2ccc(F)c(N)c2)CC1. The highest BCUT2D eigenvalue weighted by atomic mass is 19.1. The zero-order valence-corrected chi connectivity index (χ0v) is 12.6. The van der Waals surface area contributed by atoms with Crippen molar-refractivity contribution in [3.05, 3.63) is 24.0 Å². The van der Waals surface area contributed by atoms with Crippen molar-refractivity contribution in [2.75, 3.05) is 30.7 Å². The fraction of sp³-hybridized carbons (Fsp3) is 0.562. The van der Waals surface area contributed by atoms with Crippen LogP contribution in [0.15, 0.2) is 18.2 Å². The van der Waals surface area contributed by atoms with Gasteiger partial charge in [0.25, 0.3) is 0 Å². The molecule has 1 saturated heterocycles. The average Bonchev–Trinajstić information content (AvgIpc) is 2.65. The lowest BCUT2D eigenvalue weighted by Crippen LogP contribution is -2.29. The van der Waals surface area contributed by atoms with Crippen LogP contribution in [0, 0.1) is 11.7 Å². The van der Waals surface area contributed by atoms with Crippen molar-refractivity contribution >= 4 is 17.3 Å². The van der Waals surface area contributed by atoms with Gasteiger partial charge in [-0.2, -0.15) is 0 Å². The van der Waals surface area contributed by atoms with Gasteiger partial charge < -0.3 is 16.0 Å². The van der Waals surface area contributed by atoms with E-state index >= 15 is 0 Å². The maximum Gasteiger partial charge on any atom is 0.225 e. The van der Waals surface area contributed by atoms with Crippen LogP contribution in [0.2, 0.25) is 0 Å². The van der Waals surface area contributed by atoms with Gasteiger partial charge in [0.15, 0.2) is 0 Å². The van der Waals surface area contributed by atoms with Crippen molar-refractivity contribution in [1.82, 2.24) is 4.90 Å². The first-order chi connectivity index (χ1) is 10.0. The van der Waals surface area contributed by atoms with Crippen molar-refractivity contribution in [3.63, 3.8) is 0 Å². The molecular formula is C16H24FN3O. The fourth-order valence-corrected chi connectivity index (χ4v) is 2.65. The van der Waals surface area contributed by atoms with Gasteiger partial charge in [-0.1, -0.05) is 6.92 Å². The molecule has 0 aliphatic carbocycles. The smallest absolute Gasteiger partial charge is 0.225 e. The number of carbonyl (C=O) groups excluding carboxylic acids is 1. The van der Waals surface area contributed by atoms with Gasteiger partial charge >= 0.3 is 0 Å². The second-order valence-corrected chi connectivity index (χ2v) is 5.91. The van der Waals surface area contributed by atoms with Gasteiger partial charge in [0.1, 0.15) is 5.82 Å². The number of hydrogen-bond donors (Lipinski definition) is 2. The summed E-state index contributed by atoms with van der Waals surface area (Å²) in [6, 6.07) is 4.24. The second-order valence-electron chi connectivity index (χ2n) is 5.91. The first-order valence-electron chi connectivity index (χ1n) is 7.62. The number of carbonyl (C=O) groups is 1. The minimum absolute atomic E-state index is 0.0503. The largest absolute Gasteiger partial charge is 0.396 e. The molecular weight excluding hydrogens is 269 g/mol. The zero-order chi connectivity index (χ0) is 15.2. The number of halogens is 1. The molecule has 5 heteroatoms. The maximum atomic E-state index is 13.1. The molecule has 0 radical (unpaired) electrons. The van der Waals surface area contributed by atoms with E-state index in [1.165, 1.54) is 37.5 Å². The van der Waals surface area contributed by atoms with Gasteiger partial charge in [0.05, 0.1) is 5.69 Å². The Labute approximate surface area is 125 Å². The number of nitrogens with two attached hydrogens (primary N) is 1. The summed E-state index contributed by atoms with van der Waals surface area (Å²) in [7, 11) is 0. The summed E-state index contributed by atoms with van der Waals surface area (Å²) < 4.78 is 13.1. The van der Waals surface area contributed by atoms with Crippen LogP contribution >= 0.6 is 0 Å². The fourth-order valence-electron chi connectivity index (χ4n) is 2.65. The molecule has 1 unspecified atom stereocenters. The van der Waals surface area contributed by atoms with Crippen molar-refractivity contribution in [2.45, 2.75) is 32.6 Å². The lowest BCUT2D eigenvalue weighted by atomic mass is 10.0. The van der Waals surface area contributed by atoms with E-state index in [2.05, 4.69) is 17.1 Å². The van der Waals surface area contributed by atoms with Gasteiger partial charge in [0, 0.05) is 18.7 Å². The predicted molar refractivity (Wildman–Crippen MR) is 83.5 cm³/mol. The molecule has 1 amide bonds. The normalized spacial score (nSPS) is 20.0. The molecule has 1 aliphatic rings. The number of nitrogens with one attached hydrogen (secondary N) is 1. The number of likely N-dealkylation sites (tertiary alicyclic amines) is 1. The lowest BCUT2D eigenvalue weighted by molar-refractivity contribution is -0.116. The Morgan fingerprint density at radius 2 is 2.24 bits per heavy atom. The third kappa shape index (κ3) is 5.01. The van der Waals surface area contributed by atoms with Crippen LogP contribution in [0.4, 0.5) is 15.8 Å². The Hall–Kier alpha value is -1.62. The number of nitrogen functional groups attached to an aromatic ring is 1. The molecule has 3 N–H and O–H groups in total. The summed E-state index contributed by atoms with van der Waals surface area (Å²) in [5.41, 5.74) is 6.08.